The van der Waals surface area contributed by atoms with Gasteiger partial charge < -0.3 is 9.64 Å². The lowest BCUT2D eigenvalue weighted by Crippen LogP contribution is -2.47. The maximum Gasteiger partial charge on any atom is 0.270 e. The van der Waals surface area contributed by atoms with Crippen molar-refractivity contribution >= 4 is 23.2 Å². The van der Waals surface area contributed by atoms with Crippen LogP contribution in [0.1, 0.15) is 13.8 Å². The number of anilines is 1. The first-order valence-corrected chi connectivity index (χ1v) is 7.06. The molecule has 0 fully saturated rings. The summed E-state index contributed by atoms with van der Waals surface area (Å²) in [5.74, 6) is 0.489. The van der Waals surface area contributed by atoms with Crippen LogP contribution in [0, 0.1) is 0 Å². The highest BCUT2D eigenvalue weighted by Crippen LogP contribution is 2.24. The molecule has 2 aromatic rings. The van der Waals surface area contributed by atoms with Gasteiger partial charge in [0, 0.05) is 17.8 Å². The van der Waals surface area contributed by atoms with Gasteiger partial charge in [0.2, 0.25) is 0 Å². The third kappa shape index (κ3) is 3.76. The third-order valence-electron chi connectivity index (χ3n) is 3.15. The lowest BCUT2D eigenvalue weighted by molar-refractivity contribution is -0.131. The molecule has 0 heterocycles. The minimum atomic E-state index is -0.974. The van der Waals surface area contributed by atoms with Crippen LogP contribution in [0.4, 0.5) is 5.69 Å². The van der Waals surface area contributed by atoms with Crippen LogP contribution in [0.2, 0.25) is 5.02 Å². The van der Waals surface area contributed by atoms with E-state index in [2.05, 4.69) is 0 Å². The maximum absolute atomic E-state index is 12.6. The number of para-hydroxylation sites is 1. The van der Waals surface area contributed by atoms with Gasteiger partial charge in [-0.1, -0.05) is 29.8 Å². The summed E-state index contributed by atoms with van der Waals surface area (Å²) in [5.41, 5.74) is -0.145. The first-order valence-electron chi connectivity index (χ1n) is 6.68. The van der Waals surface area contributed by atoms with Gasteiger partial charge in [-0.05, 0) is 50.2 Å². The summed E-state index contributed by atoms with van der Waals surface area (Å²) in [6.07, 6.45) is 0. The number of likely N-dealkylation sites (N-methyl/N-ethyl adjacent to an activating group) is 1. The Kier molecular flexibility index (Phi) is 4.53. The molecule has 0 saturated heterocycles. The lowest BCUT2D eigenvalue weighted by atomic mass is 10.1. The zero-order valence-electron chi connectivity index (χ0n) is 12.3. The molecule has 21 heavy (non-hydrogen) atoms. The fraction of sp³-hybridized carbons (Fsp3) is 0.235. The van der Waals surface area contributed by atoms with Crippen molar-refractivity contribution in [1.82, 2.24) is 0 Å². The first-order chi connectivity index (χ1) is 9.90. The molecule has 2 rings (SSSR count). The van der Waals surface area contributed by atoms with E-state index in [-0.39, 0.29) is 5.91 Å². The second-order valence-electron chi connectivity index (χ2n) is 5.27. The Morgan fingerprint density at radius 3 is 2.19 bits per heavy atom. The molecular formula is C17H18ClNO2. The predicted molar refractivity (Wildman–Crippen MR) is 86.0 cm³/mol. The summed E-state index contributed by atoms with van der Waals surface area (Å²) < 4.78 is 5.81. The van der Waals surface area contributed by atoms with Crippen molar-refractivity contribution in [3.05, 3.63) is 59.6 Å². The number of amides is 1. The molecule has 1 amide bonds. The van der Waals surface area contributed by atoms with Crippen molar-refractivity contribution in [1.29, 1.82) is 0 Å². The fourth-order valence-corrected chi connectivity index (χ4v) is 2.14. The number of nitrogens with zero attached hydrogens (tertiary/aromatic N) is 1. The quantitative estimate of drug-likeness (QED) is 0.849. The topological polar surface area (TPSA) is 29.5 Å². The van der Waals surface area contributed by atoms with Crippen molar-refractivity contribution in [3.63, 3.8) is 0 Å². The Morgan fingerprint density at radius 2 is 1.62 bits per heavy atom. The van der Waals surface area contributed by atoms with E-state index in [1.54, 1.807) is 50.1 Å². The number of carbonyl (C=O) groups excluding carboxylic acids is 1. The van der Waals surface area contributed by atoms with Gasteiger partial charge >= 0.3 is 0 Å². The number of rotatable bonds is 4. The average Bonchev–Trinajstić information content (AvgIpc) is 2.49. The zero-order chi connectivity index (χ0) is 15.5. The van der Waals surface area contributed by atoms with Crippen LogP contribution in [-0.2, 0) is 4.79 Å². The molecule has 110 valence electrons. The van der Waals surface area contributed by atoms with Crippen LogP contribution in [0.25, 0.3) is 0 Å². The van der Waals surface area contributed by atoms with Gasteiger partial charge in [-0.3, -0.25) is 4.79 Å². The minimum Gasteiger partial charge on any atom is -0.478 e. The summed E-state index contributed by atoms with van der Waals surface area (Å²) in [4.78, 5) is 14.2. The summed E-state index contributed by atoms with van der Waals surface area (Å²) in [7, 11) is 1.74. The third-order valence-corrected chi connectivity index (χ3v) is 3.40. The van der Waals surface area contributed by atoms with Gasteiger partial charge in [0.05, 0.1) is 0 Å². The van der Waals surface area contributed by atoms with Gasteiger partial charge in [-0.15, -0.1) is 0 Å². The van der Waals surface area contributed by atoms with E-state index in [1.807, 2.05) is 30.3 Å². The van der Waals surface area contributed by atoms with E-state index in [9.17, 15) is 4.79 Å². The van der Waals surface area contributed by atoms with Crippen LogP contribution >= 0.6 is 11.6 Å². The van der Waals surface area contributed by atoms with Gasteiger partial charge in [-0.2, -0.15) is 0 Å². The van der Waals surface area contributed by atoms with E-state index in [0.717, 1.165) is 5.69 Å². The molecule has 4 heteroatoms. The van der Waals surface area contributed by atoms with Crippen molar-refractivity contribution in [2.24, 2.45) is 0 Å². The summed E-state index contributed by atoms with van der Waals surface area (Å²) in [5, 5.41) is 0.632. The van der Waals surface area contributed by atoms with Crippen molar-refractivity contribution in [2.75, 3.05) is 11.9 Å². The van der Waals surface area contributed by atoms with E-state index < -0.39 is 5.60 Å². The Labute approximate surface area is 130 Å². The standard InChI is InChI=1S/C17H18ClNO2/c1-17(2,21-15-11-9-13(18)10-12-15)16(20)19(3)14-7-5-4-6-8-14/h4-12H,1-3H3. The van der Waals surface area contributed by atoms with Crippen LogP contribution < -0.4 is 9.64 Å². The highest BCUT2D eigenvalue weighted by molar-refractivity contribution is 6.30. The molecule has 0 radical (unpaired) electrons. The van der Waals surface area contributed by atoms with Crippen LogP contribution in [0.5, 0.6) is 5.75 Å². The van der Waals surface area contributed by atoms with Gasteiger partial charge in [0.1, 0.15) is 5.75 Å². The number of ether oxygens (including phenoxy) is 1. The fourth-order valence-electron chi connectivity index (χ4n) is 2.01. The largest absolute Gasteiger partial charge is 0.478 e. The van der Waals surface area contributed by atoms with Crippen LogP contribution in [-0.4, -0.2) is 18.6 Å². The Hall–Kier alpha value is -2.00. The summed E-state index contributed by atoms with van der Waals surface area (Å²) >= 11 is 5.85. The van der Waals surface area contributed by atoms with Crippen molar-refractivity contribution in [3.8, 4) is 5.75 Å². The Balaban J connectivity index is 2.14. The van der Waals surface area contributed by atoms with Crippen LogP contribution in [0.15, 0.2) is 54.6 Å². The predicted octanol–water partition coefficient (Wildman–Crippen LogP) is 4.16. The molecule has 0 aliphatic carbocycles. The monoisotopic (exact) mass is 303 g/mol. The first kappa shape index (κ1) is 15.4. The molecule has 0 spiro atoms. The molecule has 0 atom stereocenters. The highest BCUT2D eigenvalue weighted by atomic mass is 35.5. The molecule has 2 aromatic carbocycles. The number of benzene rings is 2. The smallest absolute Gasteiger partial charge is 0.270 e. The Morgan fingerprint density at radius 1 is 1.05 bits per heavy atom. The Bertz CT molecular complexity index is 608. The molecule has 0 aliphatic rings. The number of carbonyl (C=O) groups is 1. The van der Waals surface area contributed by atoms with Crippen molar-refractivity contribution in [2.45, 2.75) is 19.4 Å². The van der Waals surface area contributed by atoms with Gasteiger partial charge in [0.25, 0.3) is 5.91 Å². The average molecular weight is 304 g/mol. The van der Waals surface area contributed by atoms with E-state index in [1.165, 1.54) is 0 Å². The number of hydrogen-bond donors (Lipinski definition) is 0. The van der Waals surface area contributed by atoms with E-state index in [4.69, 9.17) is 16.3 Å². The maximum atomic E-state index is 12.6. The summed E-state index contributed by atoms with van der Waals surface area (Å²) in [6, 6.07) is 16.4. The SMILES string of the molecule is CN(C(=O)C(C)(C)Oc1ccc(Cl)cc1)c1ccccc1. The molecule has 0 aliphatic heterocycles. The van der Waals surface area contributed by atoms with Crippen LogP contribution in [0.3, 0.4) is 0 Å². The normalized spacial score (nSPS) is 11.0. The number of halogens is 1. The van der Waals surface area contributed by atoms with Gasteiger partial charge in [-0.25, -0.2) is 0 Å². The lowest BCUT2D eigenvalue weighted by Gasteiger charge is -2.30. The van der Waals surface area contributed by atoms with E-state index in [0.29, 0.717) is 10.8 Å². The minimum absolute atomic E-state index is 0.122. The highest BCUT2D eigenvalue weighted by Gasteiger charge is 2.33. The molecule has 0 saturated carbocycles. The van der Waals surface area contributed by atoms with Crippen molar-refractivity contribution < 1.29 is 9.53 Å². The van der Waals surface area contributed by atoms with E-state index >= 15 is 0 Å². The molecule has 0 aromatic heterocycles. The molecule has 0 bridgehead atoms. The molecule has 0 unspecified atom stereocenters. The molecular weight excluding hydrogens is 286 g/mol. The van der Waals surface area contributed by atoms with Gasteiger partial charge in [0.15, 0.2) is 5.60 Å². The zero-order valence-corrected chi connectivity index (χ0v) is 13.1. The second-order valence-corrected chi connectivity index (χ2v) is 5.70. The molecule has 3 nitrogen and oxygen atoms in total. The number of hydrogen-bond acceptors (Lipinski definition) is 2. The molecule has 0 N–H and O–H groups in total. The summed E-state index contributed by atoms with van der Waals surface area (Å²) in [6.45, 7) is 3.51. The second kappa shape index (κ2) is 6.19.